The zero-order chi connectivity index (χ0) is 18.0. The van der Waals surface area contributed by atoms with Crippen LogP contribution >= 0.6 is 0 Å². The predicted molar refractivity (Wildman–Crippen MR) is 91.4 cm³/mol. The molecule has 0 unspecified atom stereocenters. The number of carbonyl (C=O) groups excluding carboxylic acids is 1. The van der Waals surface area contributed by atoms with Crippen LogP contribution in [0.3, 0.4) is 0 Å². The molecular weight excluding hydrogens is 320 g/mol. The summed E-state index contributed by atoms with van der Waals surface area (Å²) in [5.74, 6) is 0.333. The van der Waals surface area contributed by atoms with Gasteiger partial charge in [0.05, 0.1) is 18.3 Å². The number of fused-ring (bicyclic) bond motifs is 3. The fourth-order valence-electron chi connectivity index (χ4n) is 6.74. The zero-order valence-electron chi connectivity index (χ0n) is 15.5. The van der Waals surface area contributed by atoms with E-state index < -0.39 is 17.9 Å². The number of carbonyl (C=O) groups is 1. The van der Waals surface area contributed by atoms with Crippen molar-refractivity contribution in [2.75, 3.05) is 6.61 Å². The second-order valence-electron chi connectivity index (χ2n) is 9.49. The second-order valence-corrected chi connectivity index (χ2v) is 9.49. The molecule has 0 radical (unpaired) electrons. The van der Waals surface area contributed by atoms with Crippen LogP contribution in [0.25, 0.3) is 0 Å². The highest BCUT2D eigenvalue weighted by Crippen LogP contribution is 2.66. The number of esters is 1. The Kier molecular flexibility index (Phi) is 3.88. The molecule has 1 saturated heterocycles. The summed E-state index contributed by atoms with van der Waals surface area (Å²) in [7, 11) is 0. The Morgan fingerprint density at radius 2 is 1.96 bits per heavy atom. The van der Waals surface area contributed by atoms with Crippen LogP contribution in [0, 0.1) is 22.7 Å². The Balaban J connectivity index is 1.68. The van der Waals surface area contributed by atoms with E-state index in [0.29, 0.717) is 16.9 Å². The fourth-order valence-corrected chi connectivity index (χ4v) is 6.74. The number of ether oxygens (including phenoxy) is 2. The van der Waals surface area contributed by atoms with Crippen molar-refractivity contribution in [2.45, 2.75) is 77.3 Å². The molecule has 2 saturated carbocycles. The number of aliphatic hydroxyl groups excluding tert-OH is 2. The number of rotatable bonds is 2. The van der Waals surface area contributed by atoms with Crippen LogP contribution in [0.1, 0.15) is 59.3 Å². The van der Waals surface area contributed by atoms with Gasteiger partial charge in [-0.05, 0) is 54.8 Å². The monoisotopic (exact) mass is 350 g/mol. The van der Waals surface area contributed by atoms with E-state index in [9.17, 15) is 15.0 Å². The smallest absolute Gasteiger partial charge is 0.333 e. The second kappa shape index (κ2) is 5.54. The summed E-state index contributed by atoms with van der Waals surface area (Å²) in [6, 6.07) is 0. The molecule has 2 heterocycles. The van der Waals surface area contributed by atoms with Crippen LogP contribution in [0.2, 0.25) is 0 Å². The molecule has 4 rings (SSSR count). The van der Waals surface area contributed by atoms with Crippen molar-refractivity contribution in [3.05, 3.63) is 11.6 Å². The lowest BCUT2D eigenvalue weighted by Crippen LogP contribution is -2.58. The van der Waals surface area contributed by atoms with Gasteiger partial charge in [-0.15, -0.1) is 0 Å². The molecule has 5 heteroatoms. The number of hydrogen-bond donors (Lipinski definition) is 2. The van der Waals surface area contributed by atoms with Gasteiger partial charge in [-0.3, -0.25) is 0 Å². The largest absolute Gasteiger partial charge is 0.429 e. The quantitative estimate of drug-likeness (QED) is 0.749. The minimum atomic E-state index is -1.21. The molecule has 3 fully saturated rings. The average Bonchev–Trinajstić information content (AvgIpc) is 3.07. The first-order valence-electron chi connectivity index (χ1n) is 9.61. The van der Waals surface area contributed by atoms with Gasteiger partial charge in [0.25, 0.3) is 0 Å². The Morgan fingerprint density at radius 3 is 2.60 bits per heavy atom. The lowest BCUT2D eigenvalue weighted by atomic mass is 9.45. The molecule has 0 spiro atoms. The number of aliphatic hydroxyl groups is 2. The maximum absolute atomic E-state index is 11.5. The van der Waals surface area contributed by atoms with E-state index in [1.165, 1.54) is 18.9 Å². The van der Waals surface area contributed by atoms with Crippen molar-refractivity contribution in [1.29, 1.82) is 0 Å². The average molecular weight is 350 g/mol. The zero-order valence-corrected chi connectivity index (χ0v) is 15.5. The molecule has 0 bridgehead atoms. The molecule has 6 atom stereocenters. The van der Waals surface area contributed by atoms with Crippen molar-refractivity contribution >= 4 is 5.97 Å². The molecule has 2 N–H and O–H groups in total. The molecule has 0 amide bonds. The minimum Gasteiger partial charge on any atom is -0.429 e. The van der Waals surface area contributed by atoms with E-state index in [-0.39, 0.29) is 24.0 Å². The van der Waals surface area contributed by atoms with Gasteiger partial charge in [-0.25, -0.2) is 4.79 Å². The van der Waals surface area contributed by atoms with Gasteiger partial charge >= 0.3 is 5.97 Å². The van der Waals surface area contributed by atoms with Gasteiger partial charge in [0.15, 0.2) is 0 Å². The lowest BCUT2D eigenvalue weighted by molar-refractivity contribution is -0.178. The molecule has 5 nitrogen and oxygen atoms in total. The van der Waals surface area contributed by atoms with E-state index in [2.05, 4.69) is 20.8 Å². The van der Waals surface area contributed by atoms with Crippen LogP contribution < -0.4 is 0 Å². The highest BCUT2D eigenvalue weighted by Gasteiger charge is 2.64. The van der Waals surface area contributed by atoms with E-state index in [1.54, 1.807) is 0 Å². The minimum absolute atomic E-state index is 0.00488. The Labute approximate surface area is 149 Å². The van der Waals surface area contributed by atoms with Gasteiger partial charge in [-0.1, -0.05) is 27.2 Å². The summed E-state index contributed by atoms with van der Waals surface area (Å²) in [6.45, 7) is 7.13. The molecule has 0 aromatic heterocycles. The molecule has 4 aliphatic rings. The molecule has 0 aromatic rings. The first-order chi connectivity index (χ1) is 11.7. The van der Waals surface area contributed by atoms with E-state index in [4.69, 9.17) is 9.47 Å². The van der Waals surface area contributed by atoms with Crippen molar-refractivity contribution in [3.8, 4) is 0 Å². The Hall–Kier alpha value is -0.910. The molecule has 2 aliphatic carbocycles. The maximum Gasteiger partial charge on any atom is 0.333 e. The first-order valence-corrected chi connectivity index (χ1v) is 9.61. The number of hydrogen-bond acceptors (Lipinski definition) is 5. The van der Waals surface area contributed by atoms with Crippen LogP contribution in [-0.4, -0.2) is 40.8 Å². The van der Waals surface area contributed by atoms with Crippen LogP contribution in [0.5, 0.6) is 0 Å². The van der Waals surface area contributed by atoms with E-state index in [1.807, 2.05) is 0 Å². The standard InChI is InChI=1S/C20H30O5/c1-18(2)6-4-7-19(3)14(18)5-8-20(11-21)15(19)10-13(25-20)12-9-16(22)24-17(12)23/h9,13-15,17,21,23H,4-8,10-11H2,1-3H3/t13-,14-,15+,17+,19-,20-/m0/s1. The van der Waals surface area contributed by atoms with Crippen molar-refractivity contribution in [2.24, 2.45) is 22.7 Å². The normalized spacial score (nSPS) is 48.5. The van der Waals surface area contributed by atoms with E-state index >= 15 is 0 Å². The van der Waals surface area contributed by atoms with Crippen LogP contribution in [0.4, 0.5) is 0 Å². The van der Waals surface area contributed by atoms with Gasteiger partial charge in [0.2, 0.25) is 6.29 Å². The molecule has 0 aromatic carbocycles. The summed E-state index contributed by atoms with van der Waals surface area (Å²) in [4.78, 5) is 11.5. The maximum atomic E-state index is 11.5. The summed E-state index contributed by atoms with van der Waals surface area (Å²) < 4.78 is 11.2. The molecule has 25 heavy (non-hydrogen) atoms. The first kappa shape index (κ1) is 17.5. The van der Waals surface area contributed by atoms with E-state index in [0.717, 1.165) is 25.7 Å². The van der Waals surface area contributed by atoms with Crippen molar-refractivity contribution < 1.29 is 24.5 Å². The fraction of sp³-hybridized carbons (Fsp3) is 0.850. The molecule has 2 aliphatic heterocycles. The molecular formula is C20H30O5. The highest BCUT2D eigenvalue weighted by atomic mass is 16.6. The van der Waals surface area contributed by atoms with Gasteiger partial charge in [0, 0.05) is 11.6 Å². The van der Waals surface area contributed by atoms with Gasteiger partial charge in [-0.2, -0.15) is 0 Å². The summed E-state index contributed by atoms with van der Waals surface area (Å²) in [5, 5.41) is 20.3. The highest BCUT2D eigenvalue weighted by molar-refractivity contribution is 5.85. The number of cyclic esters (lactones) is 1. The van der Waals surface area contributed by atoms with Crippen LogP contribution in [0.15, 0.2) is 11.6 Å². The lowest BCUT2D eigenvalue weighted by Gasteiger charge is -2.60. The summed E-state index contributed by atoms with van der Waals surface area (Å²) >= 11 is 0. The van der Waals surface area contributed by atoms with Gasteiger partial charge in [0.1, 0.15) is 0 Å². The van der Waals surface area contributed by atoms with Gasteiger partial charge < -0.3 is 19.7 Å². The van der Waals surface area contributed by atoms with Crippen molar-refractivity contribution in [1.82, 2.24) is 0 Å². The third-order valence-electron chi connectivity index (χ3n) is 7.83. The molecule has 140 valence electrons. The topological polar surface area (TPSA) is 76.0 Å². The third-order valence-corrected chi connectivity index (χ3v) is 7.83. The Morgan fingerprint density at radius 1 is 1.20 bits per heavy atom. The predicted octanol–water partition coefficient (Wildman–Crippen LogP) is 2.55. The van der Waals surface area contributed by atoms with Crippen molar-refractivity contribution in [3.63, 3.8) is 0 Å². The summed E-state index contributed by atoms with van der Waals surface area (Å²) in [6.07, 6.45) is 6.06. The Bertz CT molecular complexity index is 611. The summed E-state index contributed by atoms with van der Waals surface area (Å²) in [5.41, 5.74) is 0.377. The van der Waals surface area contributed by atoms with Crippen LogP contribution in [-0.2, 0) is 14.3 Å². The SMILES string of the molecule is CC1(C)CCC[C@@]2(C)[C@H]1CC[C@@]1(CO)O[C@H](C3=CC(=O)O[C@H]3O)C[C@@H]12. The third kappa shape index (κ3) is 2.42.